The van der Waals surface area contributed by atoms with Crippen LogP contribution in [-0.4, -0.2) is 10.1 Å². The Morgan fingerprint density at radius 2 is 1.85 bits per heavy atom. The number of rotatable bonds is 4. The number of aromatic nitrogens is 1. The van der Waals surface area contributed by atoms with Crippen molar-refractivity contribution in [1.82, 2.24) is 10.3 Å². The first kappa shape index (κ1) is 21.5. The zero-order valence-electron chi connectivity index (χ0n) is 14.3. The Bertz CT molecular complexity index is 1010. The number of aryl methyl sites for hydroxylation is 1. The molecule has 0 aliphatic heterocycles. The molecule has 4 rings (SSSR count). The van der Waals surface area contributed by atoms with E-state index in [0.717, 1.165) is 41.3 Å². The maximum absolute atomic E-state index is 12.3. The van der Waals surface area contributed by atoms with Gasteiger partial charge in [-0.15, -0.1) is 24.8 Å². The average Bonchev–Trinajstić information content (AvgIpc) is 3.11. The average molecular weight is 430 g/mol. The molecule has 1 aliphatic carbocycles. The molecular formula is C19H19Cl3N2O3. The second-order valence-electron chi connectivity index (χ2n) is 6.22. The van der Waals surface area contributed by atoms with Gasteiger partial charge in [-0.1, -0.05) is 11.6 Å². The third kappa shape index (κ3) is 4.06. The molecule has 1 aromatic carbocycles. The van der Waals surface area contributed by atoms with E-state index >= 15 is 0 Å². The van der Waals surface area contributed by atoms with E-state index in [2.05, 4.69) is 10.3 Å². The van der Waals surface area contributed by atoms with E-state index in [0.29, 0.717) is 24.2 Å². The van der Waals surface area contributed by atoms with Crippen LogP contribution < -0.4 is 10.9 Å². The van der Waals surface area contributed by atoms with Gasteiger partial charge < -0.3 is 14.8 Å². The van der Waals surface area contributed by atoms with Crippen molar-refractivity contribution in [3.05, 3.63) is 68.3 Å². The van der Waals surface area contributed by atoms with Crippen LogP contribution in [0.5, 0.6) is 5.75 Å². The lowest BCUT2D eigenvalue weighted by molar-refractivity contribution is 0.460. The number of nitrogens with one attached hydrogen (secondary N) is 1. The van der Waals surface area contributed by atoms with Crippen LogP contribution in [0.15, 0.2) is 39.8 Å². The van der Waals surface area contributed by atoms with Crippen LogP contribution in [0.25, 0.3) is 11.0 Å². The Labute approximate surface area is 173 Å². The highest BCUT2D eigenvalue weighted by Crippen LogP contribution is 2.37. The Kier molecular flexibility index (Phi) is 7.12. The normalized spacial score (nSPS) is 12.3. The van der Waals surface area contributed by atoms with Gasteiger partial charge in [0.2, 0.25) is 0 Å². The molecule has 0 amide bonds. The molecule has 0 fully saturated rings. The van der Waals surface area contributed by atoms with Gasteiger partial charge in [0.05, 0.1) is 10.6 Å². The van der Waals surface area contributed by atoms with Gasteiger partial charge in [-0.2, -0.15) is 0 Å². The van der Waals surface area contributed by atoms with Crippen molar-refractivity contribution >= 4 is 47.4 Å². The molecular weight excluding hydrogens is 411 g/mol. The zero-order chi connectivity index (χ0) is 17.4. The van der Waals surface area contributed by atoms with Gasteiger partial charge >= 0.3 is 5.63 Å². The summed E-state index contributed by atoms with van der Waals surface area (Å²) in [4.78, 5) is 16.2. The first-order chi connectivity index (χ1) is 12.1. The lowest BCUT2D eigenvalue weighted by Crippen LogP contribution is -2.14. The SMILES string of the molecule is Cl.Cl.O=c1oc2c(CNCc3ccncc3)c(O)c(Cl)cc2c2c1CCC2. The van der Waals surface area contributed by atoms with Crippen LogP contribution in [0.1, 0.15) is 28.7 Å². The maximum atomic E-state index is 12.3. The summed E-state index contributed by atoms with van der Waals surface area (Å²) in [6, 6.07) is 5.53. The standard InChI is InChI=1S/C19H17ClN2O3.2ClH/c20-16-8-14-12-2-1-3-13(12)19(24)25-18(14)15(17(16)23)10-22-9-11-4-6-21-7-5-11;;/h4-8,22-23H,1-3,9-10H2;2*1H. The quantitative estimate of drug-likeness (QED) is 0.609. The number of phenolic OH excluding ortho intramolecular Hbond substituents is 1. The minimum absolute atomic E-state index is 0. The van der Waals surface area contributed by atoms with Gasteiger partial charge in [-0.3, -0.25) is 4.98 Å². The summed E-state index contributed by atoms with van der Waals surface area (Å²) in [7, 11) is 0. The number of halogens is 3. The number of hydrogen-bond acceptors (Lipinski definition) is 5. The Hall–Kier alpha value is -1.79. The Morgan fingerprint density at radius 1 is 1.15 bits per heavy atom. The molecule has 0 unspecified atom stereocenters. The van der Waals surface area contributed by atoms with E-state index in [1.807, 2.05) is 12.1 Å². The molecule has 0 atom stereocenters. The lowest BCUT2D eigenvalue weighted by atomic mass is 10.0. The molecule has 2 N–H and O–H groups in total. The highest BCUT2D eigenvalue weighted by molar-refractivity contribution is 6.33. The minimum atomic E-state index is -0.308. The fourth-order valence-electron chi connectivity index (χ4n) is 3.43. The third-order valence-electron chi connectivity index (χ3n) is 4.67. The minimum Gasteiger partial charge on any atom is -0.506 e. The topological polar surface area (TPSA) is 75.4 Å². The summed E-state index contributed by atoms with van der Waals surface area (Å²) >= 11 is 6.22. The van der Waals surface area contributed by atoms with E-state index in [1.54, 1.807) is 18.5 Å². The van der Waals surface area contributed by atoms with Crippen LogP contribution in [0.4, 0.5) is 0 Å². The van der Waals surface area contributed by atoms with Crippen molar-refractivity contribution in [2.24, 2.45) is 0 Å². The maximum Gasteiger partial charge on any atom is 0.339 e. The Balaban J connectivity index is 0.00000131. The molecule has 2 heterocycles. The molecule has 0 saturated carbocycles. The molecule has 27 heavy (non-hydrogen) atoms. The van der Waals surface area contributed by atoms with Gasteiger partial charge in [-0.25, -0.2) is 4.79 Å². The first-order valence-electron chi connectivity index (χ1n) is 8.23. The number of aromatic hydroxyl groups is 1. The molecule has 1 aliphatic rings. The highest BCUT2D eigenvalue weighted by Gasteiger charge is 2.23. The van der Waals surface area contributed by atoms with E-state index in [4.69, 9.17) is 16.0 Å². The van der Waals surface area contributed by atoms with E-state index in [1.165, 1.54) is 0 Å². The largest absolute Gasteiger partial charge is 0.506 e. The van der Waals surface area contributed by atoms with Crippen molar-refractivity contribution in [1.29, 1.82) is 0 Å². The smallest absolute Gasteiger partial charge is 0.339 e. The summed E-state index contributed by atoms with van der Waals surface area (Å²) in [6.45, 7) is 0.943. The fourth-order valence-corrected chi connectivity index (χ4v) is 3.66. The Morgan fingerprint density at radius 3 is 2.59 bits per heavy atom. The molecule has 0 saturated heterocycles. The van der Waals surface area contributed by atoms with Gasteiger partial charge in [0, 0.05) is 36.4 Å². The van der Waals surface area contributed by atoms with Gasteiger partial charge in [0.15, 0.2) is 0 Å². The summed E-state index contributed by atoms with van der Waals surface area (Å²) in [5.74, 6) is -0.0440. The van der Waals surface area contributed by atoms with Gasteiger partial charge in [0.25, 0.3) is 0 Å². The van der Waals surface area contributed by atoms with Crippen molar-refractivity contribution < 1.29 is 9.52 Å². The molecule has 3 aromatic rings. The van der Waals surface area contributed by atoms with Crippen LogP contribution in [-0.2, 0) is 25.9 Å². The molecule has 0 bridgehead atoms. The second-order valence-corrected chi connectivity index (χ2v) is 6.63. The van der Waals surface area contributed by atoms with E-state index < -0.39 is 0 Å². The number of hydrogen-bond donors (Lipinski definition) is 2. The first-order valence-corrected chi connectivity index (χ1v) is 8.61. The molecule has 144 valence electrons. The summed E-state index contributed by atoms with van der Waals surface area (Å²) < 4.78 is 5.55. The summed E-state index contributed by atoms with van der Waals surface area (Å²) in [6.07, 6.45) is 5.97. The molecule has 8 heteroatoms. The van der Waals surface area contributed by atoms with Crippen molar-refractivity contribution in [3.63, 3.8) is 0 Å². The van der Waals surface area contributed by atoms with Crippen molar-refractivity contribution in [3.8, 4) is 5.75 Å². The number of benzene rings is 1. The van der Waals surface area contributed by atoms with Gasteiger partial charge in [-0.05, 0) is 48.6 Å². The van der Waals surface area contributed by atoms with Crippen LogP contribution in [0.3, 0.4) is 0 Å². The third-order valence-corrected chi connectivity index (χ3v) is 4.95. The van der Waals surface area contributed by atoms with Crippen LogP contribution >= 0.6 is 36.4 Å². The molecule has 5 nitrogen and oxygen atoms in total. The number of phenols is 1. The molecule has 0 spiro atoms. The molecule has 2 aromatic heterocycles. The van der Waals surface area contributed by atoms with E-state index in [-0.39, 0.29) is 41.2 Å². The van der Waals surface area contributed by atoms with Crippen molar-refractivity contribution in [2.75, 3.05) is 0 Å². The summed E-state index contributed by atoms with van der Waals surface area (Å²) in [5.41, 5.74) is 3.45. The fraction of sp³-hybridized carbons (Fsp3) is 0.263. The van der Waals surface area contributed by atoms with E-state index in [9.17, 15) is 9.90 Å². The van der Waals surface area contributed by atoms with Crippen LogP contribution in [0, 0.1) is 0 Å². The number of nitrogens with zero attached hydrogens (tertiary/aromatic N) is 1. The van der Waals surface area contributed by atoms with Crippen molar-refractivity contribution in [2.45, 2.75) is 32.4 Å². The van der Waals surface area contributed by atoms with Gasteiger partial charge in [0.1, 0.15) is 11.3 Å². The lowest BCUT2D eigenvalue weighted by Gasteiger charge is -2.13. The van der Waals surface area contributed by atoms with Crippen LogP contribution in [0.2, 0.25) is 5.02 Å². The number of fused-ring (bicyclic) bond motifs is 3. The number of pyridine rings is 1. The molecule has 0 radical (unpaired) electrons. The zero-order valence-corrected chi connectivity index (χ0v) is 16.7. The predicted octanol–water partition coefficient (Wildman–Crippen LogP) is 4.17. The predicted molar refractivity (Wildman–Crippen MR) is 110 cm³/mol. The highest BCUT2D eigenvalue weighted by atomic mass is 35.5. The second kappa shape index (κ2) is 8.93. The summed E-state index contributed by atoms with van der Waals surface area (Å²) in [5, 5.41) is 14.7. The monoisotopic (exact) mass is 428 g/mol.